The van der Waals surface area contributed by atoms with Crippen LogP contribution in [-0.2, 0) is 0 Å². The van der Waals surface area contributed by atoms with Crippen LogP contribution >= 0.6 is 11.8 Å². The summed E-state index contributed by atoms with van der Waals surface area (Å²) in [5.41, 5.74) is 2.90. The monoisotopic (exact) mass is 208 g/mol. The van der Waals surface area contributed by atoms with Crippen molar-refractivity contribution in [2.45, 2.75) is 44.9 Å². The van der Waals surface area contributed by atoms with Gasteiger partial charge in [-0.05, 0) is 42.2 Å². The first-order chi connectivity index (χ1) is 6.69. The molecular weight excluding hydrogens is 188 g/mol. The van der Waals surface area contributed by atoms with Crippen LogP contribution < -0.4 is 0 Å². The van der Waals surface area contributed by atoms with E-state index in [1.54, 1.807) is 0 Å². The minimum Gasteiger partial charge on any atom is -0.126 e. The lowest BCUT2D eigenvalue weighted by atomic mass is 9.97. The second-order valence-corrected chi connectivity index (χ2v) is 5.07. The quantitative estimate of drug-likeness (QED) is 0.651. The molecule has 0 aromatic heterocycles. The van der Waals surface area contributed by atoms with Crippen molar-refractivity contribution >= 4 is 11.8 Å². The highest BCUT2D eigenvalue weighted by atomic mass is 32.2. The molecule has 0 saturated heterocycles. The van der Waals surface area contributed by atoms with E-state index in [4.69, 9.17) is 0 Å². The molecule has 0 heterocycles. The van der Waals surface area contributed by atoms with Crippen LogP contribution in [0.4, 0.5) is 0 Å². The van der Waals surface area contributed by atoms with E-state index in [2.05, 4.69) is 45.9 Å². The van der Waals surface area contributed by atoms with Gasteiger partial charge < -0.3 is 0 Å². The van der Waals surface area contributed by atoms with E-state index >= 15 is 0 Å². The average molecular weight is 208 g/mol. The van der Waals surface area contributed by atoms with Crippen molar-refractivity contribution in [2.75, 3.05) is 5.75 Å². The fraction of sp³-hybridized carbons (Fsp3) is 0.538. The molecule has 0 radical (unpaired) electrons. The molecule has 0 aliphatic rings. The van der Waals surface area contributed by atoms with Gasteiger partial charge in [0, 0.05) is 4.90 Å². The molecule has 0 aliphatic heterocycles. The van der Waals surface area contributed by atoms with Gasteiger partial charge in [-0.15, -0.1) is 11.8 Å². The van der Waals surface area contributed by atoms with Gasteiger partial charge in [0.25, 0.3) is 0 Å². The second-order valence-electron chi connectivity index (χ2n) is 3.77. The van der Waals surface area contributed by atoms with Crippen molar-refractivity contribution in [2.24, 2.45) is 0 Å². The fourth-order valence-electron chi connectivity index (χ4n) is 1.53. The Morgan fingerprint density at radius 3 is 2.50 bits per heavy atom. The molecule has 1 atom stereocenters. The summed E-state index contributed by atoms with van der Waals surface area (Å²) in [5, 5.41) is 0. The summed E-state index contributed by atoms with van der Waals surface area (Å²) in [4.78, 5) is 1.43. The third kappa shape index (κ3) is 2.78. The van der Waals surface area contributed by atoms with Crippen LogP contribution in [0.25, 0.3) is 0 Å². The Morgan fingerprint density at radius 1 is 1.29 bits per heavy atom. The minimum absolute atomic E-state index is 0.689. The highest BCUT2D eigenvalue weighted by molar-refractivity contribution is 7.99. The first kappa shape index (κ1) is 11.6. The molecule has 1 unspecified atom stereocenters. The summed E-state index contributed by atoms with van der Waals surface area (Å²) in [5.74, 6) is 1.85. The second kappa shape index (κ2) is 5.45. The minimum atomic E-state index is 0.689. The van der Waals surface area contributed by atoms with Crippen molar-refractivity contribution in [1.29, 1.82) is 0 Å². The Labute approximate surface area is 92.1 Å². The van der Waals surface area contributed by atoms with Gasteiger partial charge in [0.2, 0.25) is 0 Å². The lowest BCUT2D eigenvalue weighted by molar-refractivity contribution is 0.732. The lowest BCUT2D eigenvalue weighted by Gasteiger charge is -2.12. The molecule has 0 saturated carbocycles. The first-order valence-electron chi connectivity index (χ1n) is 5.42. The molecule has 14 heavy (non-hydrogen) atoms. The predicted octanol–water partition coefficient (Wildman–Crippen LogP) is 4.62. The SMILES string of the molecule is CCSc1ccc(C(C)CC)cc1C. The maximum absolute atomic E-state index is 2.34. The molecule has 78 valence electrons. The standard InChI is InChI=1S/C13H20S/c1-5-10(3)12-7-8-13(14-6-2)11(4)9-12/h7-10H,5-6H2,1-4H3. The highest BCUT2D eigenvalue weighted by Crippen LogP contribution is 2.26. The summed E-state index contributed by atoms with van der Waals surface area (Å²) in [6.45, 7) is 8.95. The number of thioether (sulfide) groups is 1. The average Bonchev–Trinajstić information content (AvgIpc) is 2.20. The maximum atomic E-state index is 2.34. The van der Waals surface area contributed by atoms with E-state index in [0.29, 0.717) is 5.92 Å². The predicted molar refractivity (Wildman–Crippen MR) is 66.3 cm³/mol. The van der Waals surface area contributed by atoms with Crippen LogP contribution in [0.1, 0.15) is 44.2 Å². The van der Waals surface area contributed by atoms with Crippen LogP contribution in [0.5, 0.6) is 0 Å². The van der Waals surface area contributed by atoms with Gasteiger partial charge in [-0.1, -0.05) is 32.9 Å². The zero-order valence-electron chi connectivity index (χ0n) is 9.63. The summed E-state index contributed by atoms with van der Waals surface area (Å²) in [6, 6.07) is 6.89. The molecule has 0 aliphatic carbocycles. The molecule has 0 fully saturated rings. The topological polar surface area (TPSA) is 0 Å². The lowest BCUT2D eigenvalue weighted by Crippen LogP contribution is -1.92. The molecule has 0 spiro atoms. The van der Waals surface area contributed by atoms with Gasteiger partial charge in [0.15, 0.2) is 0 Å². The van der Waals surface area contributed by atoms with E-state index in [1.165, 1.54) is 22.4 Å². The molecule has 1 rings (SSSR count). The Balaban J connectivity index is 2.88. The number of rotatable bonds is 4. The Kier molecular flexibility index (Phi) is 4.53. The number of benzene rings is 1. The van der Waals surface area contributed by atoms with Crippen molar-refractivity contribution < 1.29 is 0 Å². The third-order valence-corrected chi connectivity index (χ3v) is 3.74. The van der Waals surface area contributed by atoms with Gasteiger partial charge in [0.1, 0.15) is 0 Å². The van der Waals surface area contributed by atoms with Crippen LogP contribution in [0.2, 0.25) is 0 Å². The van der Waals surface area contributed by atoms with E-state index in [0.717, 1.165) is 5.75 Å². The maximum Gasteiger partial charge on any atom is 0.0101 e. The molecule has 1 aromatic rings. The molecule has 1 heteroatoms. The molecule has 1 aromatic carbocycles. The van der Waals surface area contributed by atoms with Crippen molar-refractivity contribution in [1.82, 2.24) is 0 Å². The molecule has 0 amide bonds. The zero-order valence-corrected chi connectivity index (χ0v) is 10.4. The van der Waals surface area contributed by atoms with E-state index < -0.39 is 0 Å². The van der Waals surface area contributed by atoms with Crippen LogP contribution in [0, 0.1) is 6.92 Å². The Bertz CT molecular complexity index is 291. The number of aryl methyl sites for hydroxylation is 1. The van der Waals surface area contributed by atoms with Crippen LogP contribution in [0.3, 0.4) is 0 Å². The Morgan fingerprint density at radius 2 is 2.00 bits per heavy atom. The highest BCUT2D eigenvalue weighted by Gasteiger charge is 2.05. The van der Waals surface area contributed by atoms with Gasteiger partial charge in [-0.3, -0.25) is 0 Å². The summed E-state index contributed by atoms with van der Waals surface area (Å²) in [6.07, 6.45) is 1.22. The van der Waals surface area contributed by atoms with Gasteiger partial charge >= 0.3 is 0 Å². The van der Waals surface area contributed by atoms with Crippen molar-refractivity contribution in [3.63, 3.8) is 0 Å². The number of hydrogen-bond donors (Lipinski definition) is 0. The largest absolute Gasteiger partial charge is 0.126 e. The molecule has 0 nitrogen and oxygen atoms in total. The summed E-state index contributed by atoms with van der Waals surface area (Å²) >= 11 is 1.93. The van der Waals surface area contributed by atoms with E-state index in [1.807, 2.05) is 11.8 Å². The van der Waals surface area contributed by atoms with Crippen molar-refractivity contribution in [3.8, 4) is 0 Å². The third-order valence-electron chi connectivity index (χ3n) is 2.68. The molecular formula is C13H20S. The van der Waals surface area contributed by atoms with Crippen molar-refractivity contribution in [3.05, 3.63) is 29.3 Å². The smallest absolute Gasteiger partial charge is 0.0101 e. The Hall–Kier alpha value is -0.430. The van der Waals surface area contributed by atoms with Crippen LogP contribution in [0.15, 0.2) is 23.1 Å². The van der Waals surface area contributed by atoms with Gasteiger partial charge in [-0.2, -0.15) is 0 Å². The fourth-order valence-corrected chi connectivity index (χ4v) is 2.29. The van der Waals surface area contributed by atoms with E-state index in [-0.39, 0.29) is 0 Å². The first-order valence-corrected chi connectivity index (χ1v) is 6.40. The van der Waals surface area contributed by atoms with Gasteiger partial charge in [0.05, 0.1) is 0 Å². The summed E-state index contributed by atoms with van der Waals surface area (Å²) in [7, 11) is 0. The van der Waals surface area contributed by atoms with Crippen LogP contribution in [-0.4, -0.2) is 5.75 Å². The molecule has 0 N–H and O–H groups in total. The normalized spacial score (nSPS) is 12.9. The number of hydrogen-bond acceptors (Lipinski definition) is 1. The van der Waals surface area contributed by atoms with Gasteiger partial charge in [-0.25, -0.2) is 0 Å². The zero-order chi connectivity index (χ0) is 10.6. The molecule has 0 bridgehead atoms. The van der Waals surface area contributed by atoms with E-state index in [9.17, 15) is 0 Å². The summed E-state index contributed by atoms with van der Waals surface area (Å²) < 4.78 is 0.